The Labute approximate surface area is 136 Å². The maximum atomic E-state index is 5.85. The first-order valence-corrected chi connectivity index (χ1v) is 8.03. The van der Waals surface area contributed by atoms with Crippen molar-refractivity contribution in [3.8, 4) is 11.5 Å². The van der Waals surface area contributed by atoms with E-state index in [1.165, 1.54) is 5.52 Å². The van der Waals surface area contributed by atoms with Crippen molar-refractivity contribution in [3.05, 3.63) is 54.4 Å². The number of imidazole rings is 1. The summed E-state index contributed by atoms with van der Waals surface area (Å²) < 4.78 is 13.4. The Kier molecular flexibility index (Phi) is 4.81. The predicted octanol–water partition coefficient (Wildman–Crippen LogP) is 4.08. The van der Waals surface area contributed by atoms with E-state index in [1.807, 2.05) is 30.3 Å². The molecule has 0 amide bonds. The Bertz CT molecular complexity index is 780. The molecule has 0 aliphatic rings. The van der Waals surface area contributed by atoms with E-state index in [1.54, 1.807) is 7.11 Å². The maximum absolute atomic E-state index is 5.85. The van der Waals surface area contributed by atoms with Crippen LogP contribution in [0.2, 0.25) is 0 Å². The first-order chi connectivity index (χ1) is 11.3. The molecule has 0 N–H and O–H groups in total. The van der Waals surface area contributed by atoms with Crippen LogP contribution < -0.4 is 9.47 Å². The van der Waals surface area contributed by atoms with Gasteiger partial charge in [0.25, 0.3) is 0 Å². The largest absolute Gasteiger partial charge is 0.493 e. The van der Waals surface area contributed by atoms with Crippen molar-refractivity contribution in [1.29, 1.82) is 0 Å². The van der Waals surface area contributed by atoms with Gasteiger partial charge in [0.2, 0.25) is 0 Å². The lowest BCUT2D eigenvalue weighted by Gasteiger charge is -2.11. The standard InChI is InChI=1S/C19H22N2O2/c1-3-19-20-15-9-4-5-10-16(15)21(19)13-8-14-23-18-12-7-6-11-17(18)22-2/h4-7,9-12H,3,8,13-14H2,1-2H3. The van der Waals surface area contributed by atoms with E-state index < -0.39 is 0 Å². The average molecular weight is 310 g/mol. The molecule has 0 radical (unpaired) electrons. The first-order valence-electron chi connectivity index (χ1n) is 8.03. The van der Waals surface area contributed by atoms with Crippen LogP contribution in [0.15, 0.2) is 48.5 Å². The van der Waals surface area contributed by atoms with Gasteiger partial charge in [-0.05, 0) is 30.7 Å². The monoisotopic (exact) mass is 310 g/mol. The number of aromatic nitrogens is 2. The number of benzene rings is 2. The lowest BCUT2D eigenvalue weighted by atomic mass is 10.3. The summed E-state index contributed by atoms with van der Waals surface area (Å²) in [5.74, 6) is 2.69. The fourth-order valence-corrected chi connectivity index (χ4v) is 2.79. The Hall–Kier alpha value is -2.49. The van der Waals surface area contributed by atoms with Gasteiger partial charge < -0.3 is 14.0 Å². The molecule has 4 heteroatoms. The molecule has 1 aromatic heterocycles. The Balaban J connectivity index is 1.65. The number of methoxy groups -OCH3 is 1. The molecule has 23 heavy (non-hydrogen) atoms. The second kappa shape index (κ2) is 7.18. The van der Waals surface area contributed by atoms with Gasteiger partial charge in [-0.15, -0.1) is 0 Å². The van der Waals surface area contributed by atoms with Crippen molar-refractivity contribution >= 4 is 11.0 Å². The highest BCUT2D eigenvalue weighted by molar-refractivity contribution is 5.75. The molecule has 0 aliphatic heterocycles. The molecule has 0 spiro atoms. The van der Waals surface area contributed by atoms with Gasteiger partial charge in [-0.25, -0.2) is 4.98 Å². The fraction of sp³-hybridized carbons (Fsp3) is 0.316. The van der Waals surface area contributed by atoms with Gasteiger partial charge in [-0.1, -0.05) is 31.2 Å². The van der Waals surface area contributed by atoms with Gasteiger partial charge in [0.15, 0.2) is 11.5 Å². The molecule has 0 unspecified atom stereocenters. The Morgan fingerprint density at radius 2 is 1.74 bits per heavy atom. The van der Waals surface area contributed by atoms with Crippen LogP contribution in [0.4, 0.5) is 0 Å². The van der Waals surface area contributed by atoms with Crippen LogP contribution in [-0.2, 0) is 13.0 Å². The minimum Gasteiger partial charge on any atom is -0.493 e. The average Bonchev–Trinajstić information content (AvgIpc) is 2.97. The third kappa shape index (κ3) is 3.31. The molecule has 3 rings (SSSR count). The van der Waals surface area contributed by atoms with E-state index in [0.29, 0.717) is 6.61 Å². The third-order valence-electron chi connectivity index (χ3n) is 3.90. The quantitative estimate of drug-likeness (QED) is 0.617. The van der Waals surface area contributed by atoms with Crippen LogP contribution in [0.3, 0.4) is 0 Å². The summed E-state index contributed by atoms with van der Waals surface area (Å²) in [6, 6.07) is 16.0. The molecule has 0 atom stereocenters. The molecule has 0 aliphatic carbocycles. The number of hydrogen-bond donors (Lipinski definition) is 0. The molecule has 3 aromatic rings. The SMILES string of the molecule is CCc1nc2ccccc2n1CCCOc1ccccc1OC. The van der Waals surface area contributed by atoms with E-state index in [0.717, 1.165) is 42.2 Å². The van der Waals surface area contributed by atoms with Crippen molar-refractivity contribution in [3.63, 3.8) is 0 Å². The van der Waals surface area contributed by atoms with Gasteiger partial charge in [0, 0.05) is 13.0 Å². The second-order valence-electron chi connectivity index (χ2n) is 5.37. The fourth-order valence-electron chi connectivity index (χ4n) is 2.79. The topological polar surface area (TPSA) is 36.3 Å². The highest BCUT2D eigenvalue weighted by Gasteiger charge is 2.08. The van der Waals surface area contributed by atoms with Crippen molar-refractivity contribution in [2.24, 2.45) is 0 Å². The smallest absolute Gasteiger partial charge is 0.161 e. The minimum atomic E-state index is 0.649. The molecule has 120 valence electrons. The number of nitrogens with zero attached hydrogens (tertiary/aromatic N) is 2. The molecule has 0 saturated heterocycles. The van der Waals surface area contributed by atoms with E-state index in [4.69, 9.17) is 14.5 Å². The predicted molar refractivity (Wildman–Crippen MR) is 92.2 cm³/mol. The van der Waals surface area contributed by atoms with Crippen LogP contribution in [0.25, 0.3) is 11.0 Å². The van der Waals surface area contributed by atoms with E-state index in [-0.39, 0.29) is 0 Å². The number of hydrogen-bond acceptors (Lipinski definition) is 3. The second-order valence-corrected chi connectivity index (χ2v) is 5.37. The van der Waals surface area contributed by atoms with Gasteiger partial charge in [-0.2, -0.15) is 0 Å². The van der Waals surface area contributed by atoms with E-state index in [2.05, 4.69) is 29.7 Å². The maximum Gasteiger partial charge on any atom is 0.161 e. The van der Waals surface area contributed by atoms with Crippen LogP contribution >= 0.6 is 0 Å². The van der Waals surface area contributed by atoms with Gasteiger partial charge in [0.05, 0.1) is 24.8 Å². The van der Waals surface area contributed by atoms with Crippen molar-refractivity contribution in [2.45, 2.75) is 26.3 Å². The summed E-state index contributed by atoms with van der Waals surface area (Å²) >= 11 is 0. The lowest BCUT2D eigenvalue weighted by molar-refractivity contribution is 0.282. The van der Waals surface area contributed by atoms with E-state index >= 15 is 0 Å². The molecule has 4 nitrogen and oxygen atoms in total. The normalized spacial score (nSPS) is 10.9. The number of rotatable bonds is 7. The van der Waals surface area contributed by atoms with E-state index in [9.17, 15) is 0 Å². The zero-order chi connectivity index (χ0) is 16.1. The van der Waals surface area contributed by atoms with Crippen LogP contribution in [0, 0.1) is 0 Å². The number of ether oxygens (including phenoxy) is 2. The summed E-state index contributed by atoms with van der Waals surface area (Å²) in [5, 5.41) is 0. The van der Waals surface area contributed by atoms with Crippen molar-refractivity contribution < 1.29 is 9.47 Å². The zero-order valence-electron chi connectivity index (χ0n) is 13.7. The highest BCUT2D eigenvalue weighted by atomic mass is 16.5. The molecule has 0 saturated carbocycles. The first kappa shape index (κ1) is 15.4. The molecule has 0 fully saturated rings. The number of para-hydroxylation sites is 4. The van der Waals surface area contributed by atoms with Crippen LogP contribution in [0.1, 0.15) is 19.2 Å². The Morgan fingerprint density at radius 1 is 1.00 bits per heavy atom. The summed E-state index contributed by atoms with van der Waals surface area (Å²) in [5.41, 5.74) is 2.26. The molecule has 0 bridgehead atoms. The van der Waals surface area contributed by atoms with Crippen LogP contribution in [-0.4, -0.2) is 23.3 Å². The minimum absolute atomic E-state index is 0.649. The molecular weight excluding hydrogens is 288 g/mol. The lowest BCUT2D eigenvalue weighted by Crippen LogP contribution is -2.07. The van der Waals surface area contributed by atoms with Crippen LogP contribution in [0.5, 0.6) is 11.5 Å². The highest BCUT2D eigenvalue weighted by Crippen LogP contribution is 2.26. The van der Waals surface area contributed by atoms with Gasteiger partial charge >= 0.3 is 0 Å². The Morgan fingerprint density at radius 3 is 2.52 bits per heavy atom. The number of fused-ring (bicyclic) bond motifs is 1. The van der Waals surface area contributed by atoms with Crippen molar-refractivity contribution in [1.82, 2.24) is 9.55 Å². The number of aryl methyl sites for hydroxylation is 2. The summed E-state index contributed by atoms with van der Waals surface area (Å²) in [4.78, 5) is 4.70. The molecule has 2 aromatic carbocycles. The zero-order valence-corrected chi connectivity index (χ0v) is 13.7. The third-order valence-corrected chi connectivity index (χ3v) is 3.90. The van der Waals surface area contributed by atoms with Gasteiger partial charge in [-0.3, -0.25) is 0 Å². The van der Waals surface area contributed by atoms with Gasteiger partial charge in [0.1, 0.15) is 5.82 Å². The summed E-state index contributed by atoms with van der Waals surface area (Å²) in [6.45, 7) is 3.69. The summed E-state index contributed by atoms with van der Waals surface area (Å²) in [6.07, 6.45) is 1.85. The van der Waals surface area contributed by atoms with Crippen molar-refractivity contribution in [2.75, 3.05) is 13.7 Å². The summed E-state index contributed by atoms with van der Waals surface area (Å²) in [7, 11) is 1.66. The molecule has 1 heterocycles. The molecular formula is C19H22N2O2.